The molecule has 2 aromatic rings. The summed E-state index contributed by atoms with van der Waals surface area (Å²) in [6.45, 7) is 1.84. The maximum atomic E-state index is 5.84. The third kappa shape index (κ3) is 1.67. The number of fused-ring (bicyclic) bond motifs is 1. The lowest BCUT2D eigenvalue weighted by Gasteiger charge is -2.00. The van der Waals surface area contributed by atoms with E-state index in [0.717, 1.165) is 21.2 Å². The molecule has 4 heteroatoms. The highest BCUT2D eigenvalue weighted by Gasteiger charge is 2.02. The van der Waals surface area contributed by atoms with E-state index in [-0.39, 0.29) is 0 Å². The van der Waals surface area contributed by atoms with E-state index in [1.54, 1.807) is 0 Å². The zero-order valence-corrected chi connectivity index (χ0v) is 9.22. The molecule has 0 bridgehead atoms. The maximum Gasteiger partial charge on any atom is 0.150 e. The summed E-state index contributed by atoms with van der Waals surface area (Å²) >= 11 is 9.22. The summed E-state index contributed by atoms with van der Waals surface area (Å²) in [6.07, 6.45) is 0. The first-order valence-electron chi connectivity index (χ1n) is 3.76. The van der Waals surface area contributed by atoms with Crippen LogP contribution >= 0.6 is 27.5 Å². The van der Waals surface area contributed by atoms with Gasteiger partial charge in [0.15, 0.2) is 5.15 Å². The van der Waals surface area contributed by atoms with E-state index in [4.69, 9.17) is 11.6 Å². The van der Waals surface area contributed by atoms with Crippen LogP contribution in [-0.2, 0) is 0 Å². The largest absolute Gasteiger partial charge is 0.248 e. The molecule has 13 heavy (non-hydrogen) atoms. The van der Waals surface area contributed by atoms with Gasteiger partial charge in [-0.2, -0.15) is 0 Å². The van der Waals surface area contributed by atoms with Crippen molar-refractivity contribution in [2.75, 3.05) is 0 Å². The number of benzene rings is 1. The standard InChI is InChI=1S/C9H6BrClN2/c1-5-9(11)13-7-3-2-6(10)4-8(7)12-5/h2-4H,1H3. The van der Waals surface area contributed by atoms with Crippen LogP contribution in [0.15, 0.2) is 22.7 Å². The van der Waals surface area contributed by atoms with Crippen LogP contribution in [0.25, 0.3) is 11.0 Å². The number of rotatable bonds is 0. The van der Waals surface area contributed by atoms with Crippen LogP contribution in [0.1, 0.15) is 5.69 Å². The van der Waals surface area contributed by atoms with Crippen molar-refractivity contribution < 1.29 is 0 Å². The van der Waals surface area contributed by atoms with E-state index in [9.17, 15) is 0 Å². The van der Waals surface area contributed by atoms with Gasteiger partial charge in [0.05, 0.1) is 16.7 Å². The van der Waals surface area contributed by atoms with E-state index < -0.39 is 0 Å². The quantitative estimate of drug-likeness (QED) is 0.723. The Balaban J connectivity index is 2.81. The summed E-state index contributed by atoms with van der Waals surface area (Å²) < 4.78 is 0.996. The fourth-order valence-electron chi connectivity index (χ4n) is 1.09. The van der Waals surface area contributed by atoms with Crippen LogP contribution in [0, 0.1) is 6.92 Å². The maximum absolute atomic E-state index is 5.84. The first-order chi connectivity index (χ1) is 6.16. The Kier molecular flexibility index (Phi) is 2.22. The Bertz CT molecular complexity index is 470. The van der Waals surface area contributed by atoms with E-state index in [2.05, 4.69) is 25.9 Å². The average molecular weight is 258 g/mol. The molecule has 1 heterocycles. The molecule has 2 nitrogen and oxygen atoms in total. The fraction of sp³-hybridized carbons (Fsp3) is 0.111. The summed E-state index contributed by atoms with van der Waals surface area (Å²) in [5.74, 6) is 0. The molecule has 1 aromatic heterocycles. The van der Waals surface area contributed by atoms with Crippen molar-refractivity contribution >= 4 is 38.6 Å². The number of nitrogens with zero attached hydrogens (tertiary/aromatic N) is 2. The third-order valence-electron chi connectivity index (χ3n) is 1.74. The highest BCUT2D eigenvalue weighted by molar-refractivity contribution is 9.10. The molecule has 0 aliphatic heterocycles. The smallest absolute Gasteiger partial charge is 0.150 e. The van der Waals surface area contributed by atoms with Gasteiger partial charge < -0.3 is 0 Å². The molecule has 0 N–H and O–H groups in total. The number of hydrogen-bond donors (Lipinski definition) is 0. The van der Waals surface area contributed by atoms with Crippen LogP contribution in [0.3, 0.4) is 0 Å². The molecule has 2 rings (SSSR count). The van der Waals surface area contributed by atoms with Crippen LogP contribution in [0.4, 0.5) is 0 Å². The number of aromatic nitrogens is 2. The normalized spacial score (nSPS) is 10.7. The zero-order valence-electron chi connectivity index (χ0n) is 6.88. The van der Waals surface area contributed by atoms with Gasteiger partial charge in [-0.3, -0.25) is 0 Å². The first-order valence-corrected chi connectivity index (χ1v) is 4.93. The van der Waals surface area contributed by atoms with Gasteiger partial charge in [0, 0.05) is 4.47 Å². The summed E-state index contributed by atoms with van der Waals surface area (Å²) in [7, 11) is 0. The van der Waals surface area contributed by atoms with Crippen LogP contribution in [0.2, 0.25) is 5.15 Å². The van der Waals surface area contributed by atoms with Crippen LogP contribution in [-0.4, -0.2) is 9.97 Å². The molecule has 0 radical (unpaired) electrons. The van der Waals surface area contributed by atoms with Crippen LogP contribution in [0.5, 0.6) is 0 Å². The van der Waals surface area contributed by atoms with E-state index in [0.29, 0.717) is 5.15 Å². The van der Waals surface area contributed by atoms with Gasteiger partial charge in [-0.25, -0.2) is 9.97 Å². The van der Waals surface area contributed by atoms with Crippen molar-refractivity contribution in [2.45, 2.75) is 6.92 Å². The van der Waals surface area contributed by atoms with Crippen molar-refractivity contribution in [1.82, 2.24) is 9.97 Å². The highest BCUT2D eigenvalue weighted by atomic mass is 79.9. The topological polar surface area (TPSA) is 25.8 Å². The fourth-order valence-corrected chi connectivity index (χ4v) is 1.58. The molecule has 0 saturated carbocycles. The molecule has 66 valence electrons. The lowest BCUT2D eigenvalue weighted by atomic mass is 10.3. The Morgan fingerprint density at radius 3 is 2.77 bits per heavy atom. The second-order valence-electron chi connectivity index (χ2n) is 2.73. The predicted octanol–water partition coefficient (Wildman–Crippen LogP) is 3.35. The van der Waals surface area contributed by atoms with E-state index in [1.165, 1.54) is 0 Å². The molecular formula is C9H6BrClN2. The van der Waals surface area contributed by atoms with Crippen molar-refractivity contribution in [1.29, 1.82) is 0 Å². The van der Waals surface area contributed by atoms with Crippen LogP contribution < -0.4 is 0 Å². The SMILES string of the molecule is Cc1nc2cc(Br)ccc2nc1Cl. The minimum Gasteiger partial charge on any atom is -0.248 e. The van der Waals surface area contributed by atoms with Gasteiger partial charge >= 0.3 is 0 Å². The Morgan fingerprint density at radius 1 is 1.23 bits per heavy atom. The van der Waals surface area contributed by atoms with Gasteiger partial charge in [-0.05, 0) is 25.1 Å². The summed E-state index contributed by atoms with van der Waals surface area (Å²) in [6, 6.07) is 5.73. The lowest BCUT2D eigenvalue weighted by Crippen LogP contribution is -1.89. The van der Waals surface area contributed by atoms with Crippen molar-refractivity contribution in [3.63, 3.8) is 0 Å². The molecule has 0 spiro atoms. The van der Waals surface area contributed by atoms with Gasteiger partial charge in [-0.15, -0.1) is 0 Å². The number of hydrogen-bond acceptors (Lipinski definition) is 2. The molecular weight excluding hydrogens is 251 g/mol. The van der Waals surface area contributed by atoms with Crippen molar-refractivity contribution in [3.8, 4) is 0 Å². The second-order valence-corrected chi connectivity index (χ2v) is 4.01. The number of halogens is 2. The summed E-state index contributed by atoms with van der Waals surface area (Å²) in [5.41, 5.74) is 2.43. The highest BCUT2D eigenvalue weighted by Crippen LogP contribution is 2.19. The van der Waals surface area contributed by atoms with E-state index >= 15 is 0 Å². The predicted molar refractivity (Wildman–Crippen MR) is 57.0 cm³/mol. The molecule has 0 aliphatic carbocycles. The minimum absolute atomic E-state index is 0.467. The van der Waals surface area contributed by atoms with Gasteiger partial charge in [0.25, 0.3) is 0 Å². The minimum atomic E-state index is 0.467. The Labute approximate surface area is 89.1 Å². The second kappa shape index (κ2) is 3.24. The summed E-state index contributed by atoms with van der Waals surface area (Å²) in [5, 5.41) is 0.467. The van der Waals surface area contributed by atoms with Gasteiger partial charge in [0.2, 0.25) is 0 Å². The molecule has 0 atom stereocenters. The zero-order chi connectivity index (χ0) is 9.42. The molecule has 0 saturated heterocycles. The average Bonchev–Trinajstić information content (AvgIpc) is 2.08. The molecule has 1 aromatic carbocycles. The monoisotopic (exact) mass is 256 g/mol. The van der Waals surface area contributed by atoms with Crippen molar-refractivity contribution in [2.24, 2.45) is 0 Å². The summed E-state index contributed by atoms with van der Waals surface area (Å²) in [4.78, 5) is 8.51. The molecule has 0 aliphatic rings. The van der Waals surface area contributed by atoms with Gasteiger partial charge in [-0.1, -0.05) is 27.5 Å². The number of aryl methyl sites for hydroxylation is 1. The first kappa shape index (κ1) is 8.91. The lowest BCUT2D eigenvalue weighted by molar-refractivity contribution is 1.18. The van der Waals surface area contributed by atoms with E-state index in [1.807, 2.05) is 25.1 Å². The third-order valence-corrected chi connectivity index (χ3v) is 2.59. The molecule has 0 amide bonds. The molecule has 0 unspecified atom stereocenters. The molecule has 0 fully saturated rings. The van der Waals surface area contributed by atoms with Gasteiger partial charge in [0.1, 0.15) is 0 Å². The Hall–Kier alpha value is -0.670. The Morgan fingerprint density at radius 2 is 2.00 bits per heavy atom. The van der Waals surface area contributed by atoms with Crippen molar-refractivity contribution in [3.05, 3.63) is 33.5 Å².